The summed E-state index contributed by atoms with van der Waals surface area (Å²) < 4.78 is 4.10. The van der Waals surface area contributed by atoms with Crippen molar-refractivity contribution in [2.75, 3.05) is 0 Å². The molecule has 0 N–H and O–H groups in total. The Labute approximate surface area is 192 Å². The molecule has 0 fully saturated rings. The summed E-state index contributed by atoms with van der Waals surface area (Å²) in [5, 5.41) is 1.95. The molecule has 8 heteroatoms. The van der Waals surface area contributed by atoms with Gasteiger partial charge in [0.05, 0.1) is 16.8 Å². The molecular weight excluding hydrogens is 442 g/mol. The summed E-state index contributed by atoms with van der Waals surface area (Å²) in [6.45, 7) is 7.54. The number of carbonyl (C=O) groups is 1. The van der Waals surface area contributed by atoms with Crippen molar-refractivity contribution in [2.24, 2.45) is 5.41 Å². The van der Waals surface area contributed by atoms with Crippen LogP contribution >= 0.6 is 22.7 Å². The molecule has 0 aliphatic heterocycles. The Morgan fingerprint density at radius 2 is 1.97 bits per heavy atom. The van der Waals surface area contributed by atoms with E-state index in [1.165, 1.54) is 43.8 Å². The Hall–Kier alpha value is -3.10. The summed E-state index contributed by atoms with van der Waals surface area (Å²) in [6, 6.07) is 8.97. The molecule has 0 spiro atoms. The molecule has 4 aromatic rings. The zero-order chi connectivity index (χ0) is 23.0. The highest BCUT2D eigenvalue weighted by atomic mass is 32.1. The van der Waals surface area contributed by atoms with Gasteiger partial charge in [0.25, 0.3) is 11.1 Å². The van der Waals surface area contributed by atoms with Gasteiger partial charge >= 0.3 is 0 Å². The number of carbonyl (C=O) groups excluding carboxylic acids is 1. The third kappa shape index (κ3) is 4.56. The number of thiazole rings is 1. The molecule has 4 rings (SSSR count). The average Bonchev–Trinajstić information content (AvgIpc) is 3.32. The first-order valence-corrected chi connectivity index (χ1v) is 11.8. The minimum absolute atomic E-state index is 0.0720. The monoisotopic (exact) mass is 465 g/mol. The van der Waals surface area contributed by atoms with Crippen molar-refractivity contribution in [1.82, 2.24) is 14.0 Å². The van der Waals surface area contributed by atoms with Crippen molar-refractivity contribution < 1.29 is 4.79 Å². The van der Waals surface area contributed by atoms with Gasteiger partial charge < -0.3 is 0 Å². The van der Waals surface area contributed by atoms with Gasteiger partial charge in [-0.2, -0.15) is 0 Å². The van der Waals surface area contributed by atoms with Crippen LogP contribution in [0.3, 0.4) is 0 Å². The second-order valence-corrected chi connectivity index (χ2v) is 10.7. The predicted molar refractivity (Wildman–Crippen MR) is 130 cm³/mol. The molecule has 4 aromatic heterocycles. The van der Waals surface area contributed by atoms with Crippen molar-refractivity contribution in [3.63, 3.8) is 0 Å². The van der Waals surface area contributed by atoms with Crippen LogP contribution in [0.5, 0.6) is 0 Å². The summed E-state index contributed by atoms with van der Waals surface area (Å²) in [4.78, 5) is 44.1. The highest BCUT2D eigenvalue weighted by Crippen LogP contribution is 2.15. The van der Waals surface area contributed by atoms with Crippen LogP contribution in [-0.2, 0) is 11.3 Å². The molecule has 0 bridgehead atoms. The molecule has 32 heavy (non-hydrogen) atoms. The second-order valence-electron chi connectivity index (χ2n) is 8.63. The zero-order valence-corrected chi connectivity index (χ0v) is 19.9. The van der Waals surface area contributed by atoms with Crippen molar-refractivity contribution in [3.05, 3.63) is 87.9 Å². The van der Waals surface area contributed by atoms with E-state index in [2.05, 4.69) is 4.98 Å². The van der Waals surface area contributed by atoms with Gasteiger partial charge in [-0.3, -0.25) is 23.4 Å². The van der Waals surface area contributed by atoms with E-state index in [1.54, 1.807) is 12.3 Å². The summed E-state index contributed by atoms with van der Waals surface area (Å²) in [5.41, 5.74) is 0.957. The summed E-state index contributed by atoms with van der Waals surface area (Å²) in [5.74, 6) is -0.0720. The molecule has 0 aliphatic carbocycles. The second kappa shape index (κ2) is 8.44. The number of ketones is 1. The number of hydrogen-bond donors (Lipinski definition) is 0. The minimum atomic E-state index is -0.569. The standard InChI is InChI=1S/C24H23N3O3S2/c1-15-7-8-20-25-16(10-21(29)26(20)13-15)14-27-22(12-19(28)24(2,3)4)32-18(23(27)30)11-17-6-5-9-31-17/h5-13H,14H2,1-4H3. The molecule has 4 heterocycles. The predicted octanol–water partition coefficient (Wildman–Crippen LogP) is 2.56. The van der Waals surface area contributed by atoms with Gasteiger partial charge in [0.15, 0.2) is 5.78 Å². The van der Waals surface area contributed by atoms with Crippen LogP contribution in [0.15, 0.2) is 51.5 Å². The van der Waals surface area contributed by atoms with E-state index in [-0.39, 0.29) is 23.4 Å². The van der Waals surface area contributed by atoms with E-state index in [9.17, 15) is 14.4 Å². The molecule has 0 radical (unpaired) electrons. The lowest BCUT2D eigenvalue weighted by atomic mass is 9.91. The smallest absolute Gasteiger partial charge is 0.269 e. The number of fused-ring (bicyclic) bond motifs is 1. The molecule has 0 atom stereocenters. The van der Waals surface area contributed by atoms with Crippen LogP contribution in [0.2, 0.25) is 0 Å². The number of hydrogen-bond acceptors (Lipinski definition) is 6. The average molecular weight is 466 g/mol. The molecule has 0 saturated heterocycles. The van der Waals surface area contributed by atoms with E-state index >= 15 is 0 Å². The van der Waals surface area contributed by atoms with Crippen LogP contribution in [0, 0.1) is 12.3 Å². The molecule has 164 valence electrons. The van der Waals surface area contributed by atoms with Crippen molar-refractivity contribution >= 4 is 46.3 Å². The fourth-order valence-corrected chi connectivity index (χ4v) is 4.89. The van der Waals surface area contributed by atoms with Crippen LogP contribution < -0.4 is 20.3 Å². The maximum absolute atomic E-state index is 13.2. The molecule has 6 nitrogen and oxygen atoms in total. The van der Waals surface area contributed by atoms with Crippen LogP contribution in [0.1, 0.15) is 36.9 Å². The lowest BCUT2D eigenvalue weighted by molar-refractivity contribution is -0.120. The molecule has 0 saturated carbocycles. The summed E-state index contributed by atoms with van der Waals surface area (Å²) >= 11 is 2.81. The highest BCUT2D eigenvalue weighted by Gasteiger charge is 2.20. The van der Waals surface area contributed by atoms with Gasteiger partial charge in [0, 0.05) is 28.6 Å². The third-order valence-corrected chi connectivity index (χ3v) is 6.81. The number of nitrogens with zero attached hydrogens (tertiary/aromatic N) is 3. The van der Waals surface area contributed by atoms with Crippen molar-refractivity contribution in [3.8, 4) is 0 Å². The lowest BCUT2D eigenvalue weighted by Crippen LogP contribution is -2.33. The van der Waals surface area contributed by atoms with Crippen molar-refractivity contribution in [2.45, 2.75) is 34.2 Å². The Bertz CT molecular complexity index is 1550. The van der Waals surface area contributed by atoms with E-state index in [4.69, 9.17) is 0 Å². The van der Waals surface area contributed by atoms with Gasteiger partial charge in [-0.25, -0.2) is 4.98 Å². The van der Waals surface area contributed by atoms with Gasteiger partial charge in [-0.1, -0.05) is 32.9 Å². The van der Waals surface area contributed by atoms with Crippen LogP contribution in [0.25, 0.3) is 17.8 Å². The Morgan fingerprint density at radius 3 is 2.66 bits per heavy atom. The minimum Gasteiger partial charge on any atom is -0.294 e. The van der Waals surface area contributed by atoms with E-state index in [0.717, 1.165) is 10.4 Å². The fourth-order valence-electron chi connectivity index (χ4n) is 3.13. The Morgan fingerprint density at radius 1 is 1.19 bits per heavy atom. The highest BCUT2D eigenvalue weighted by molar-refractivity contribution is 7.11. The van der Waals surface area contributed by atoms with Gasteiger partial charge in [0.2, 0.25) is 0 Å². The first-order valence-electron chi connectivity index (χ1n) is 10.1. The molecule has 0 aliphatic rings. The first-order chi connectivity index (χ1) is 15.1. The lowest BCUT2D eigenvalue weighted by Gasteiger charge is -2.13. The maximum Gasteiger partial charge on any atom is 0.269 e. The van der Waals surface area contributed by atoms with E-state index < -0.39 is 5.41 Å². The molecular formula is C24H23N3O3S2. The maximum atomic E-state index is 13.2. The van der Waals surface area contributed by atoms with Crippen molar-refractivity contribution in [1.29, 1.82) is 0 Å². The molecule has 0 amide bonds. The number of Topliss-reactive ketones (excluding diaryl/α,β-unsaturated/α-hetero) is 1. The van der Waals surface area contributed by atoms with Gasteiger partial charge in [-0.15, -0.1) is 22.7 Å². The van der Waals surface area contributed by atoms with Crippen LogP contribution in [0.4, 0.5) is 0 Å². The third-order valence-electron chi connectivity index (χ3n) is 4.93. The normalized spacial score (nSPS) is 13.2. The fraction of sp³-hybridized carbons (Fsp3) is 0.250. The number of pyridine rings is 1. The number of aryl methyl sites for hydroxylation is 1. The first kappa shape index (κ1) is 22.1. The largest absolute Gasteiger partial charge is 0.294 e. The quantitative estimate of drug-likeness (QED) is 0.464. The van der Waals surface area contributed by atoms with Crippen LogP contribution in [-0.4, -0.2) is 19.7 Å². The Kier molecular flexibility index (Phi) is 5.83. The number of rotatable bonds is 4. The van der Waals surface area contributed by atoms with Gasteiger partial charge in [0.1, 0.15) is 10.3 Å². The number of thiophene rings is 1. The molecule has 0 aromatic carbocycles. The number of aromatic nitrogens is 3. The van der Waals surface area contributed by atoms with E-state index in [1.807, 2.05) is 57.4 Å². The Balaban J connectivity index is 1.89. The topological polar surface area (TPSA) is 73.4 Å². The SMILES string of the molecule is Cc1ccc2nc(Cn3c(=CC(=O)C(C)(C)C)sc(=Cc4cccs4)c3=O)cc(=O)n2c1. The van der Waals surface area contributed by atoms with E-state index in [0.29, 0.717) is 20.5 Å². The summed E-state index contributed by atoms with van der Waals surface area (Å²) in [6.07, 6.45) is 5.09. The zero-order valence-electron chi connectivity index (χ0n) is 18.3. The van der Waals surface area contributed by atoms with Gasteiger partial charge in [-0.05, 0) is 36.1 Å². The molecule has 0 unspecified atom stereocenters. The summed E-state index contributed by atoms with van der Waals surface area (Å²) in [7, 11) is 0.